The van der Waals surface area contributed by atoms with Gasteiger partial charge in [-0.15, -0.1) is 0 Å². The summed E-state index contributed by atoms with van der Waals surface area (Å²) >= 11 is 6.25. The molecule has 3 heteroatoms. The largest absolute Gasteiger partial charge is 0.250 e. The highest BCUT2D eigenvalue weighted by Crippen LogP contribution is 2.26. The van der Waals surface area contributed by atoms with Gasteiger partial charge >= 0.3 is 0 Å². The molecule has 0 fully saturated rings. The standard InChI is InChI=1S/C14H17ClN2/c1-3-12(4-2)17-14(15)10-13(16-17)11-8-6-5-7-9-11/h5-10,12H,3-4H2,1-2H3. The summed E-state index contributed by atoms with van der Waals surface area (Å²) in [5.74, 6) is 0. The molecule has 0 aliphatic heterocycles. The quantitative estimate of drug-likeness (QED) is 0.775. The molecule has 0 aliphatic rings. The topological polar surface area (TPSA) is 17.8 Å². The number of halogens is 1. The van der Waals surface area contributed by atoms with Gasteiger partial charge in [-0.3, -0.25) is 4.68 Å². The van der Waals surface area contributed by atoms with Crippen LogP contribution in [0.5, 0.6) is 0 Å². The van der Waals surface area contributed by atoms with Crippen LogP contribution in [0.3, 0.4) is 0 Å². The first-order chi connectivity index (χ1) is 8.26. The minimum absolute atomic E-state index is 0.389. The monoisotopic (exact) mass is 248 g/mol. The molecule has 0 saturated carbocycles. The average Bonchev–Trinajstić information content (AvgIpc) is 2.75. The first-order valence-corrected chi connectivity index (χ1v) is 6.44. The molecule has 0 N–H and O–H groups in total. The number of nitrogens with zero attached hydrogens (tertiary/aromatic N) is 2. The second kappa shape index (κ2) is 5.37. The van der Waals surface area contributed by atoms with Crippen molar-refractivity contribution >= 4 is 11.6 Å². The summed E-state index contributed by atoms with van der Waals surface area (Å²) in [4.78, 5) is 0. The van der Waals surface area contributed by atoms with Crippen molar-refractivity contribution in [3.05, 3.63) is 41.6 Å². The predicted molar refractivity (Wildman–Crippen MR) is 72.3 cm³/mol. The van der Waals surface area contributed by atoms with E-state index in [0.717, 1.165) is 29.3 Å². The van der Waals surface area contributed by atoms with Crippen molar-refractivity contribution in [1.82, 2.24) is 9.78 Å². The predicted octanol–water partition coefficient (Wildman–Crippen LogP) is 4.56. The Kier molecular flexibility index (Phi) is 3.85. The smallest absolute Gasteiger partial charge is 0.128 e. The third-order valence-corrected chi connectivity index (χ3v) is 3.33. The van der Waals surface area contributed by atoms with Gasteiger partial charge < -0.3 is 0 Å². The van der Waals surface area contributed by atoms with E-state index < -0.39 is 0 Å². The molecule has 0 bridgehead atoms. The summed E-state index contributed by atoms with van der Waals surface area (Å²) in [6, 6.07) is 12.5. The summed E-state index contributed by atoms with van der Waals surface area (Å²) in [5.41, 5.74) is 2.06. The van der Waals surface area contributed by atoms with Crippen LogP contribution in [0.15, 0.2) is 36.4 Å². The lowest BCUT2D eigenvalue weighted by Gasteiger charge is -2.13. The van der Waals surface area contributed by atoms with E-state index in [4.69, 9.17) is 11.6 Å². The highest BCUT2D eigenvalue weighted by molar-refractivity contribution is 6.29. The van der Waals surface area contributed by atoms with Gasteiger partial charge in [-0.1, -0.05) is 55.8 Å². The molecule has 0 spiro atoms. The van der Waals surface area contributed by atoms with Crippen LogP contribution in [0.1, 0.15) is 32.7 Å². The Morgan fingerprint density at radius 2 is 1.82 bits per heavy atom. The maximum Gasteiger partial charge on any atom is 0.128 e. The molecule has 1 heterocycles. The van der Waals surface area contributed by atoms with Crippen molar-refractivity contribution in [1.29, 1.82) is 0 Å². The van der Waals surface area contributed by atoms with Crippen LogP contribution in [-0.4, -0.2) is 9.78 Å². The molecule has 0 aliphatic carbocycles. The molecule has 17 heavy (non-hydrogen) atoms. The number of hydrogen-bond acceptors (Lipinski definition) is 1. The van der Waals surface area contributed by atoms with Crippen molar-refractivity contribution in [2.45, 2.75) is 32.7 Å². The summed E-state index contributed by atoms with van der Waals surface area (Å²) < 4.78 is 1.93. The minimum atomic E-state index is 0.389. The second-order valence-electron chi connectivity index (χ2n) is 4.13. The van der Waals surface area contributed by atoms with Gasteiger partial charge in [0.2, 0.25) is 0 Å². The molecule has 2 nitrogen and oxygen atoms in total. The fourth-order valence-electron chi connectivity index (χ4n) is 2.01. The molecule has 1 aromatic carbocycles. The van der Waals surface area contributed by atoms with E-state index >= 15 is 0 Å². The van der Waals surface area contributed by atoms with E-state index in [2.05, 4.69) is 31.1 Å². The average molecular weight is 249 g/mol. The first-order valence-electron chi connectivity index (χ1n) is 6.06. The van der Waals surface area contributed by atoms with Crippen molar-refractivity contribution in [2.75, 3.05) is 0 Å². The van der Waals surface area contributed by atoms with E-state index in [0.29, 0.717) is 6.04 Å². The molecule has 0 radical (unpaired) electrons. The molecule has 0 atom stereocenters. The Bertz CT molecular complexity index is 472. The lowest BCUT2D eigenvalue weighted by Crippen LogP contribution is -2.08. The van der Waals surface area contributed by atoms with Gasteiger partial charge in [0, 0.05) is 11.6 Å². The minimum Gasteiger partial charge on any atom is -0.250 e. The van der Waals surface area contributed by atoms with Crippen LogP contribution in [-0.2, 0) is 0 Å². The van der Waals surface area contributed by atoms with E-state index in [9.17, 15) is 0 Å². The van der Waals surface area contributed by atoms with E-state index in [1.807, 2.05) is 28.9 Å². The number of benzene rings is 1. The fourth-order valence-corrected chi connectivity index (χ4v) is 2.29. The normalized spacial score (nSPS) is 11.1. The number of hydrogen-bond donors (Lipinski definition) is 0. The Morgan fingerprint density at radius 1 is 1.18 bits per heavy atom. The summed E-state index contributed by atoms with van der Waals surface area (Å²) in [6.45, 7) is 4.32. The van der Waals surface area contributed by atoms with Crippen LogP contribution >= 0.6 is 11.6 Å². The molecule has 90 valence electrons. The van der Waals surface area contributed by atoms with Gasteiger partial charge in [0.25, 0.3) is 0 Å². The van der Waals surface area contributed by atoms with Crippen molar-refractivity contribution in [3.63, 3.8) is 0 Å². The van der Waals surface area contributed by atoms with Crippen LogP contribution < -0.4 is 0 Å². The molecule has 0 saturated heterocycles. The van der Waals surface area contributed by atoms with Gasteiger partial charge in [-0.05, 0) is 12.8 Å². The zero-order valence-electron chi connectivity index (χ0n) is 10.2. The molecule has 0 amide bonds. The Morgan fingerprint density at radius 3 is 2.41 bits per heavy atom. The van der Waals surface area contributed by atoms with Gasteiger partial charge in [0.1, 0.15) is 5.15 Å². The van der Waals surface area contributed by atoms with E-state index in [1.54, 1.807) is 0 Å². The summed E-state index contributed by atoms with van der Waals surface area (Å²) in [5, 5.41) is 5.33. The molecule has 0 unspecified atom stereocenters. The zero-order valence-corrected chi connectivity index (χ0v) is 11.0. The lowest BCUT2D eigenvalue weighted by molar-refractivity contribution is 0.430. The third-order valence-electron chi connectivity index (χ3n) is 3.05. The van der Waals surface area contributed by atoms with Gasteiger partial charge in [-0.2, -0.15) is 5.10 Å². The maximum absolute atomic E-state index is 6.25. The Balaban J connectivity index is 2.37. The maximum atomic E-state index is 6.25. The van der Waals surface area contributed by atoms with Crippen LogP contribution in [0, 0.1) is 0 Å². The van der Waals surface area contributed by atoms with Crippen LogP contribution in [0.2, 0.25) is 5.15 Å². The van der Waals surface area contributed by atoms with Gasteiger partial charge in [-0.25, -0.2) is 0 Å². The van der Waals surface area contributed by atoms with Crippen LogP contribution in [0.25, 0.3) is 11.3 Å². The molecular formula is C14H17ClN2. The van der Waals surface area contributed by atoms with Gasteiger partial charge in [0.05, 0.1) is 11.7 Å². The zero-order chi connectivity index (χ0) is 12.3. The van der Waals surface area contributed by atoms with Crippen LogP contribution in [0.4, 0.5) is 0 Å². The fraction of sp³-hybridized carbons (Fsp3) is 0.357. The summed E-state index contributed by atoms with van der Waals surface area (Å²) in [6.07, 6.45) is 2.10. The molecule has 2 rings (SSSR count). The van der Waals surface area contributed by atoms with E-state index in [-0.39, 0.29) is 0 Å². The summed E-state index contributed by atoms with van der Waals surface area (Å²) in [7, 11) is 0. The Labute approximate surface area is 107 Å². The van der Waals surface area contributed by atoms with Gasteiger partial charge in [0.15, 0.2) is 0 Å². The van der Waals surface area contributed by atoms with Crippen molar-refractivity contribution < 1.29 is 0 Å². The highest BCUT2D eigenvalue weighted by Gasteiger charge is 2.13. The lowest BCUT2D eigenvalue weighted by atomic mass is 10.2. The first kappa shape index (κ1) is 12.2. The third kappa shape index (κ3) is 2.52. The van der Waals surface area contributed by atoms with Crippen molar-refractivity contribution in [3.8, 4) is 11.3 Å². The molecule has 2 aromatic rings. The Hall–Kier alpha value is -1.28. The number of aromatic nitrogens is 2. The second-order valence-corrected chi connectivity index (χ2v) is 4.52. The highest BCUT2D eigenvalue weighted by atomic mass is 35.5. The van der Waals surface area contributed by atoms with E-state index in [1.165, 1.54) is 0 Å². The van der Waals surface area contributed by atoms with Crippen molar-refractivity contribution in [2.24, 2.45) is 0 Å². The SMILES string of the molecule is CCC(CC)n1nc(-c2ccccc2)cc1Cl. The molecular weight excluding hydrogens is 232 g/mol. The molecule has 1 aromatic heterocycles. The number of rotatable bonds is 4.